The maximum Gasteiger partial charge on any atom is 0.312 e. The van der Waals surface area contributed by atoms with E-state index in [0.717, 1.165) is 12.8 Å². The van der Waals surface area contributed by atoms with E-state index in [9.17, 15) is 4.79 Å². The summed E-state index contributed by atoms with van der Waals surface area (Å²) in [5, 5.41) is 0. The Kier molecular flexibility index (Phi) is 0.765. The molecule has 0 bridgehead atoms. The van der Waals surface area contributed by atoms with Crippen molar-refractivity contribution in [3.8, 4) is 0 Å². The summed E-state index contributed by atoms with van der Waals surface area (Å²) in [7, 11) is 0. The van der Waals surface area contributed by atoms with Crippen LogP contribution in [0.1, 0.15) is 19.8 Å². The first-order valence-corrected chi connectivity index (χ1v) is 3.47. The van der Waals surface area contributed by atoms with Crippen LogP contribution in [0.4, 0.5) is 0 Å². The highest BCUT2D eigenvalue weighted by Gasteiger charge is 2.64. The Bertz CT molecular complexity index is 160. The molecule has 0 aromatic rings. The Balaban J connectivity index is 2.23. The summed E-state index contributed by atoms with van der Waals surface area (Å²) in [5.74, 6) is 0.630. The van der Waals surface area contributed by atoms with Crippen molar-refractivity contribution < 1.29 is 9.53 Å². The molecule has 2 heteroatoms. The van der Waals surface area contributed by atoms with E-state index in [1.165, 1.54) is 0 Å². The Morgan fingerprint density at radius 1 is 1.89 bits per heavy atom. The maximum absolute atomic E-state index is 10.9. The molecule has 2 nitrogen and oxygen atoms in total. The molecule has 2 fully saturated rings. The van der Waals surface area contributed by atoms with Crippen LogP contribution in [0.2, 0.25) is 0 Å². The van der Waals surface area contributed by atoms with Crippen molar-refractivity contribution in [2.24, 2.45) is 11.3 Å². The summed E-state index contributed by atoms with van der Waals surface area (Å²) >= 11 is 0. The second-order valence-electron chi connectivity index (χ2n) is 3.01. The summed E-state index contributed by atoms with van der Waals surface area (Å²) < 4.78 is 4.87. The molecule has 2 atom stereocenters. The predicted octanol–water partition coefficient (Wildman–Crippen LogP) is 0.960. The highest BCUT2D eigenvalue weighted by atomic mass is 16.5. The van der Waals surface area contributed by atoms with Gasteiger partial charge in [0, 0.05) is 5.92 Å². The number of hydrogen-bond donors (Lipinski definition) is 0. The van der Waals surface area contributed by atoms with E-state index in [1.54, 1.807) is 0 Å². The second-order valence-corrected chi connectivity index (χ2v) is 3.01. The average Bonchev–Trinajstić information content (AvgIpc) is 2.52. The van der Waals surface area contributed by atoms with Gasteiger partial charge in [-0.25, -0.2) is 0 Å². The van der Waals surface area contributed by atoms with Gasteiger partial charge in [0.2, 0.25) is 0 Å². The van der Waals surface area contributed by atoms with Gasteiger partial charge in [-0.2, -0.15) is 0 Å². The van der Waals surface area contributed by atoms with E-state index >= 15 is 0 Å². The van der Waals surface area contributed by atoms with Gasteiger partial charge < -0.3 is 4.74 Å². The molecule has 2 aliphatic rings. The molecule has 0 radical (unpaired) electrons. The lowest BCUT2D eigenvalue weighted by Gasteiger charge is -2.02. The normalized spacial score (nSPS) is 46.3. The molecule has 1 saturated heterocycles. The maximum atomic E-state index is 10.9. The van der Waals surface area contributed by atoms with Gasteiger partial charge >= 0.3 is 5.97 Å². The lowest BCUT2D eigenvalue weighted by molar-refractivity contribution is -0.144. The van der Waals surface area contributed by atoms with Crippen LogP contribution >= 0.6 is 0 Å². The van der Waals surface area contributed by atoms with Crippen molar-refractivity contribution in [2.45, 2.75) is 19.8 Å². The number of fused-ring (bicyclic) bond motifs is 1. The minimum absolute atomic E-state index is 0. The second kappa shape index (κ2) is 1.31. The molecule has 9 heavy (non-hydrogen) atoms. The summed E-state index contributed by atoms with van der Waals surface area (Å²) in [6.45, 7) is 2.75. The fourth-order valence-electron chi connectivity index (χ4n) is 1.75. The number of cyclic esters (lactones) is 1. The Labute approximate surface area is 54.2 Å². The summed E-state index contributed by atoms with van der Waals surface area (Å²) in [6, 6.07) is 0. The van der Waals surface area contributed by atoms with Crippen molar-refractivity contribution in [3.05, 3.63) is 0 Å². The van der Waals surface area contributed by atoms with Crippen molar-refractivity contribution in [1.29, 1.82) is 0 Å². The molecule has 1 aliphatic heterocycles. The van der Waals surface area contributed by atoms with Crippen LogP contribution in [0.3, 0.4) is 0 Å². The Morgan fingerprint density at radius 2 is 2.67 bits per heavy atom. The van der Waals surface area contributed by atoms with Crippen molar-refractivity contribution in [3.63, 3.8) is 0 Å². The van der Waals surface area contributed by atoms with E-state index < -0.39 is 0 Å². The Morgan fingerprint density at radius 3 is 2.89 bits per heavy atom. The first-order valence-electron chi connectivity index (χ1n) is 3.47. The van der Waals surface area contributed by atoms with E-state index in [1.807, 2.05) is 0 Å². The smallest absolute Gasteiger partial charge is 0.312 e. The van der Waals surface area contributed by atoms with Gasteiger partial charge in [0.25, 0.3) is 0 Å². The quantitative estimate of drug-likeness (QED) is 0.489. The zero-order valence-corrected chi connectivity index (χ0v) is 5.52. The van der Waals surface area contributed by atoms with Gasteiger partial charge in [0.1, 0.15) is 0 Å². The lowest BCUT2D eigenvalue weighted by atomic mass is 10.0. The fourth-order valence-corrected chi connectivity index (χ4v) is 1.75. The SMILES string of the molecule is CCC12CC1COC2=O. The first-order chi connectivity index (χ1) is 4.29. The highest BCUT2D eigenvalue weighted by molar-refractivity contribution is 5.82. The number of carbonyl (C=O) groups excluding carboxylic acids is 1. The zero-order valence-electron chi connectivity index (χ0n) is 5.52. The van der Waals surface area contributed by atoms with E-state index in [2.05, 4.69) is 6.92 Å². The summed E-state index contributed by atoms with van der Waals surface area (Å²) in [6.07, 6.45) is 2.05. The van der Waals surface area contributed by atoms with Gasteiger partial charge in [0.05, 0.1) is 12.0 Å². The predicted molar refractivity (Wildman–Crippen MR) is 31.8 cm³/mol. The number of esters is 1. The van der Waals surface area contributed by atoms with E-state index in [-0.39, 0.29) is 11.4 Å². The summed E-state index contributed by atoms with van der Waals surface area (Å²) in [4.78, 5) is 10.9. The molecule has 1 aliphatic carbocycles. The molecule has 0 spiro atoms. The van der Waals surface area contributed by atoms with Gasteiger partial charge in [0.15, 0.2) is 0 Å². The minimum Gasteiger partial charge on any atom is -0.465 e. The third kappa shape index (κ3) is 0.443. The molecule has 1 saturated carbocycles. The first kappa shape index (κ1) is 5.27. The number of hydrogen-bond acceptors (Lipinski definition) is 2. The zero-order chi connectivity index (χ0) is 6.48. The van der Waals surface area contributed by atoms with Crippen LogP contribution in [0.15, 0.2) is 0 Å². The Hall–Kier alpha value is -0.530. The van der Waals surface area contributed by atoms with Crippen LogP contribution in [0.25, 0.3) is 0 Å². The molecule has 0 aromatic heterocycles. The van der Waals surface area contributed by atoms with Crippen LogP contribution in [-0.4, -0.2) is 12.6 Å². The molecule has 1 heterocycles. The number of carbonyl (C=O) groups is 1. The molecule has 50 valence electrons. The molecule has 2 rings (SSSR count). The monoisotopic (exact) mass is 126 g/mol. The van der Waals surface area contributed by atoms with Crippen LogP contribution in [0.5, 0.6) is 0 Å². The van der Waals surface area contributed by atoms with Gasteiger partial charge in [-0.15, -0.1) is 0 Å². The van der Waals surface area contributed by atoms with Gasteiger partial charge in [-0.1, -0.05) is 6.92 Å². The molecule has 0 aromatic carbocycles. The van der Waals surface area contributed by atoms with Crippen molar-refractivity contribution in [2.75, 3.05) is 6.61 Å². The summed E-state index contributed by atoms with van der Waals surface area (Å²) in [5.41, 5.74) is 0. The van der Waals surface area contributed by atoms with Crippen LogP contribution in [-0.2, 0) is 9.53 Å². The topological polar surface area (TPSA) is 26.3 Å². The minimum atomic E-state index is 0. The molecule has 0 amide bonds. The van der Waals surface area contributed by atoms with E-state index in [4.69, 9.17) is 4.74 Å². The van der Waals surface area contributed by atoms with Crippen LogP contribution < -0.4 is 0 Å². The van der Waals surface area contributed by atoms with Gasteiger partial charge in [-0.05, 0) is 12.8 Å². The highest BCUT2D eigenvalue weighted by Crippen LogP contribution is 2.59. The lowest BCUT2D eigenvalue weighted by Crippen LogP contribution is -2.11. The van der Waals surface area contributed by atoms with Gasteiger partial charge in [-0.3, -0.25) is 4.79 Å². The van der Waals surface area contributed by atoms with Crippen molar-refractivity contribution in [1.82, 2.24) is 0 Å². The van der Waals surface area contributed by atoms with Crippen molar-refractivity contribution >= 4 is 5.97 Å². The third-order valence-corrected chi connectivity index (χ3v) is 2.69. The van der Waals surface area contributed by atoms with E-state index in [0.29, 0.717) is 12.5 Å². The molecular weight excluding hydrogens is 116 g/mol. The molecule has 2 unspecified atom stereocenters. The van der Waals surface area contributed by atoms with Crippen LogP contribution in [0, 0.1) is 11.3 Å². The average molecular weight is 126 g/mol. The third-order valence-electron chi connectivity index (χ3n) is 2.69. The molecule has 0 N–H and O–H groups in total. The largest absolute Gasteiger partial charge is 0.465 e. The number of rotatable bonds is 1. The fraction of sp³-hybridized carbons (Fsp3) is 0.857. The number of ether oxygens (including phenoxy) is 1. The molecular formula is C7H10O2. The standard InChI is InChI=1S/C7H10O2/c1-2-7-3-5(7)4-9-6(7)8/h5H,2-4H2,1H3.